The molecule has 0 aliphatic heterocycles. The van der Waals surface area contributed by atoms with E-state index >= 15 is 0 Å². The van der Waals surface area contributed by atoms with E-state index in [0.717, 1.165) is 35.7 Å². The second-order valence-electron chi connectivity index (χ2n) is 11.0. The Labute approximate surface area is 241 Å². The third kappa shape index (κ3) is 7.80. The second kappa shape index (κ2) is 13.7. The number of rotatable bonds is 12. The second-order valence-corrected chi connectivity index (χ2v) is 12.1. The Morgan fingerprint density at radius 2 is 1.77 bits per heavy atom. The Morgan fingerprint density at radius 1 is 1.00 bits per heavy atom. The molecule has 2 aromatic carbocycles. The summed E-state index contributed by atoms with van der Waals surface area (Å²) in [6.07, 6.45) is 10.4. The van der Waals surface area contributed by atoms with Gasteiger partial charge in [-0.3, -0.25) is 9.78 Å². The molecule has 0 bridgehead atoms. The zero-order valence-corrected chi connectivity index (χ0v) is 24.1. The Morgan fingerprint density at radius 3 is 2.52 bits per heavy atom. The molecule has 0 radical (unpaired) electrons. The molecule has 1 aliphatic rings. The van der Waals surface area contributed by atoms with Crippen molar-refractivity contribution in [1.29, 1.82) is 0 Å². The quantitative estimate of drug-likeness (QED) is 0.168. The maximum absolute atomic E-state index is 10.8. The minimum absolute atomic E-state index is 0.0731. The van der Waals surface area contributed by atoms with Crippen LogP contribution in [0.15, 0.2) is 79.0 Å². The summed E-state index contributed by atoms with van der Waals surface area (Å²) in [7, 11) is 0. The van der Waals surface area contributed by atoms with Crippen molar-refractivity contribution >= 4 is 23.0 Å². The molecule has 1 fully saturated rings. The van der Waals surface area contributed by atoms with Gasteiger partial charge in [-0.1, -0.05) is 61.7 Å². The third-order valence-corrected chi connectivity index (χ3v) is 8.89. The van der Waals surface area contributed by atoms with Crippen molar-refractivity contribution in [3.8, 4) is 10.4 Å². The van der Waals surface area contributed by atoms with Crippen LogP contribution < -0.4 is 10.6 Å². The minimum atomic E-state index is -0.865. The van der Waals surface area contributed by atoms with E-state index in [1.807, 2.05) is 6.07 Å². The number of nitrogens with zero attached hydrogens (tertiary/aromatic N) is 1. The molecule has 1 atom stereocenters. The largest absolute Gasteiger partial charge is 0.480 e. The molecular formula is C34H39N3O2S. The molecule has 5 nitrogen and oxygen atoms in total. The Bertz CT molecular complexity index is 1380. The average molecular weight is 554 g/mol. The van der Waals surface area contributed by atoms with E-state index in [4.69, 9.17) is 5.11 Å². The normalized spacial score (nSPS) is 14.6. The van der Waals surface area contributed by atoms with Crippen LogP contribution in [0.1, 0.15) is 72.2 Å². The lowest BCUT2D eigenvalue weighted by Crippen LogP contribution is -2.23. The zero-order valence-electron chi connectivity index (χ0n) is 23.2. The number of hydrogen-bond donors (Lipinski definition) is 3. The van der Waals surface area contributed by atoms with E-state index < -0.39 is 5.97 Å². The lowest BCUT2D eigenvalue weighted by atomic mass is 9.84. The molecule has 0 saturated heterocycles. The Kier molecular flexibility index (Phi) is 9.63. The van der Waals surface area contributed by atoms with Gasteiger partial charge in [0.05, 0.1) is 12.2 Å². The molecule has 1 unspecified atom stereocenters. The van der Waals surface area contributed by atoms with Crippen molar-refractivity contribution in [2.45, 2.75) is 70.4 Å². The van der Waals surface area contributed by atoms with Crippen LogP contribution in [0.4, 0.5) is 5.69 Å². The van der Waals surface area contributed by atoms with Gasteiger partial charge < -0.3 is 15.7 Å². The first-order valence-electron chi connectivity index (χ1n) is 14.4. The highest BCUT2D eigenvalue weighted by Gasteiger charge is 2.15. The molecule has 208 valence electrons. The van der Waals surface area contributed by atoms with Crippen LogP contribution in [0.2, 0.25) is 0 Å². The molecule has 4 aromatic rings. The van der Waals surface area contributed by atoms with Gasteiger partial charge in [0.15, 0.2) is 0 Å². The zero-order chi connectivity index (χ0) is 27.7. The van der Waals surface area contributed by atoms with E-state index in [0.29, 0.717) is 12.6 Å². The summed E-state index contributed by atoms with van der Waals surface area (Å²) < 4.78 is 0. The smallest absolute Gasteiger partial charge is 0.317 e. The number of carboxylic acids is 1. The molecule has 0 spiro atoms. The van der Waals surface area contributed by atoms with Gasteiger partial charge in [-0.15, -0.1) is 11.3 Å². The van der Waals surface area contributed by atoms with Crippen LogP contribution in [0.5, 0.6) is 0 Å². The maximum Gasteiger partial charge on any atom is 0.317 e. The van der Waals surface area contributed by atoms with Gasteiger partial charge in [-0.2, -0.15) is 0 Å². The SMILES string of the molecule is CC(Cc1ccc(C2CCCCC2)cc1)Nc1ccc(-c2ccc(Cc3cccnc3CNCC(=O)O)s2)cc1. The van der Waals surface area contributed by atoms with Crippen molar-refractivity contribution < 1.29 is 9.90 Å². The summed E-state index contributed by atoms with van der Waals surface area (Å²) in [6.45, 7) is 2.62. The van der Waals surface area contributed by atoms with Crippen molar-refractivity contribution in [1.82, 2.24) is 10.3 Å². The van der Waals surface area contributed by atoms with E-state index in [2.05, 4.69) is 89.3 Å². The number of carbonyl (C=O) groups is 1. The van der Waals surface area contributed by atoms with Crippen molar-refractivity contribution in [3.63, 3.8) is 0 Å². The predicted octanol–water partition coefficient (Wildman–Crippen LogP) is 7.67. The number of nitrogens with one attached hydrogen (secondary N) is 2. The molecule has 2 aromatic heterocycles. The van der Waals surface area contributed by atoms with Gasteiger partial charge >= 0.3 is 5.97 Å². The van der Waals surface area contributed by atoms with E-state index in [-0.39, 0.29) is 6.54 Å². The average Bonchev–Trinajstić information content (AvgIpc) is 3.43. The van der Waals surface area contributed by atoms with Crippen molar-refractivity contribution in [2.75, 3.05) is 11.9 Å². The fraction of sp³-hybridized carbons (Fsp3) is 0.353. The summed E-state index contributed by atoms with van der Waals surface area (Å²) in [4.78, 5) is 17.8. The van der Waals surface area contributed by atoms with E-state index in [1.165, 1.54) is 58.5 Å². The highest BCUT2D eigenvalue weighted by atomic mass is 32.1. The van der Waals surface area contributed by atoms with Crippen LogP contribution >= 0.6 is 11.3 Å². The Hall–Kier alpha value is -3.48. The molecule has 1 aliphatic carbocycles. The topological polar surface area (TPSA) is 74.2 Å². The predicted molar refractivity (Wildman–Crippen MR) is 165 cm³/mol. The minimum Gasteiger partial charge on any atom is -0.480 e. The fourth-order valence-corrected chi connectivity index (χ4v) is 6.71. The summed E-state index contributed by atoms with van der Waals surface area (Å²) in [5.74, 6) is -0.104. The third-order valence-electron chi connectivity index (χ3n) is 7.76. The van der Waals surface area contributed by atoms with E-state index in [9.17, 15) is 4.79 Å². The number of anilines is 1. The number of carboxylic acid groups (broad SMARTS) is 1. The summed E-state index contributed by atoms with van der Waals surface area (Å²) in [6, 6.07) is 26.8. The lowest BCUT2D eigenvalue weighted by Gasteiger charge is -2.22. The fourth-order valence-electron chi connectivity index (χ4n) is 5.68. The monoisotopic (exact) mass is 553 g/mol. The molecule has 1 saturated carbocycles. The van der Waals surface area contributed by atoms with Gasteiger partial charge in [0.2, 0.25) is 0 Å². The van der Waals surface area contributed by atoms with Gasteiger partial charge in [0, 0.05) is 40.6 Å². The molecular weight excluding hydrogens is 514 g/mol. The van der Waals surface area contributed by atoms with Crippen molar-refractivity contribution in [3.05, 3.63) is 106 Å². The van der Waals surface area contributed by atoms with Gasteiger partial charge in [0.25, 0.3) is 0 Å². The highest BCUT2D eigenvalue weighted by Crippen LogP contribution is 2.33. The highest BCUT2D eigenvalue weighted by molar-refractivity contribution is 7.15. The maximum atomic E-state index is 10.8. The number of pyridine rings is 1. The number of aliphatic carboxylic acids is 1. The number of aromatic nitrogens is 1. The standard InChI is InChI=1S/C34H39N3O2S/c1-24(20-25-9-11-27(12-10-25)26-6-3-2-4-7-26)37-30-15-13-28(14-16-30)33-18-17-31(40-33)21-29-8-5-19-36-32(29)22-35-23-34(38)39/h5,8-19,24,26,35,37H,2-4,6-7,20-23H2,1H3,(H,38,39). The number of benzene rings is 2. The van der Waals surface area contributed by atoms with Crippen LogP contribution in [0.25, 0.3) is 10.4 Å². The first-order valence-corrected chi connectivity index (χ1v) is 15.2. The van der Waals surface area contributed by atoms with Crippen LogP contribution in [0.3, 0.4) is 0 Å². The first-order chi connectivity index (χ1) is 19.5. The van der Waals surface area contributed by atoms with Gasteiger partial charge in [-0.25, -0.2) is 0 Å². The molecule has 0 amide bonds. The van der Waals surface area contributed by atoms with Crippen LogP contribution in [-0.4, -0.2) is 28.6 Å². The molecule has 3 N–H and O–H groups in total. The van der Waals surface area contributed by atoms with Gasteiger partial charge in [0.1, 0.15) is 0 Å². The number of hydrogen-bond acceptors (Lipinski definition) is 5. The molecule has 40 heavy (non-hydrogen) atoms. The van der Waals surface area contributed by atoms with Crippen molar-refractivity contribution in [2.24, 2.45) is 0 Å². The lowest BCUT2D eigenvalue weighted by molar-refractivity contribution is -0.136. The molecule has 6 heteroatoms. The van der Waals surface area contributed by atoms with E-state index in [1.54, 1.807) is 17.5 Å². The van der Waals surface area contributed by atoms with Crippen LogP contribution in [0, 0.1) is 0 Å². The van der Waals surface area contributed by atoms with Crippen LogP contribution in [-0.2, 0) is 24.2 Å². The summed E-state index contributed by atoms with van der Waals surface area (Å²) >= 11 is 1.79. The van der Waals surface area contributed by atoms with Gasteiger partial charge in [-0.05, 0) is 84.7 Å². The molecule has 5 rings (SSSR count). The molecule has 2 heterocycles. The Balaban J connectivity index is 1.14. The number of thiophene rings is 1. The first kappa shape index (κ1) is 28.1. The summed E-state index contributed by atoms with van der Waals surface area (Å²) in [5.41, 5.74) is 7.26. The summed E-state index contributed by atoms with van der Waals surface area (Å²) in [5, 5.41) is 15.5.